The first-order valence-electron chi connectivity index (χ1n) is 6.86. The number of aryl methyl sites for hydroxylation is 1. The first-order chi connectivity index (χ1) is 9.74. The molecule has 0 radical (unpaired) electrons. The molecule has 2 aromatic carbocycles. The monoisotopic (exact) mass is 283 g/mol. The highest BCUT2D eigenvalue weighted by Crippen LogP contribution is 2.30. The summed E-state index contributed by atoms with van der Waals surface area (Å²) < 4.78 is 0. The molecular weight excluding hydrogens is 266 g/mol. The van der Waals surface area contributed by atoms with Crippen molar-refractivity contribution < 1.29 is 0 Å². The minimum absolute atomic E-state index is 0.534. The van der Waals surface area contributed by atoms with Gasteiger partial charge in [0.25, 0.3) is 0 Å². The van der Waals surface area contributed by atoms with E-state index in [1.54, 1.807) is 0 Å². The van der Waals surface area contributed by atoms with Crippen LogP contribution >= 0.6 is 11.6 Å². The van der Waals surface area contributed by atoms with Gasteiger partial charge in [-0.1, -0.05) is 67.9 Å². The lowest BCUT2D eigenvalue weighted by molar-refractivity contribution is 1.38. The summed E-state index contributed by atoms with van der Waals surface area (Å²) in [5.41, 5.74) is 4.43. The van der Waals surface area contributed by atoms with E-state index in [-0.39, 0.29) is 0 Å². The second-order valence-electron chi connectivity index (χ2n) is 4.38. The standard InChI is InChI=1S/C16H12ClN.C2H6/c1-11-7-8-13-14(12-5-3-2-4-6-12)10-16(17)18-15(13)9-11;1-2/h2-10H,1H3;1-2H3. The fraction of sp³-hybridized carbons (Fsp3) is 0.167. The van der Waals surface area contributed by atoms with Crippen molar-refractivity contribution in [3.63, 3.8) is 0 Å². The number of pyridine rings is 1. The molecule has 0 aliphatic heterocycles. The van der Waals surface area contributed by atoms with Gasteiger partial charge in [0.15, 0.2) is 0 Å². The predicted octanol–water partition coefficient (Wildman–Crippen LogP) is 5.89. The molecule has 0 saturated heterocycles. The van der Waals surface area contributed by atoms with E-state index in [4.69, 9.17) is 11.6 Å². The summed E-state index contributed by atoms with van der Waals surface area (Å²) in [7, 11) is 0. The molecule has 1 heterocycles. The van der Waals surface area contributed by atoms with Gasteiger partial charge in [-0.3, -0.25) is 0 Å². The van der Waals surface area contributed by atoms with Crippen molar-refractivity contribution in [3.05, 3.63) is 65.3 Å². The molecule has 1 aromatic heterocycles. The van der Waals surface area contributed by atoms with E-state index >= 15 is 0 Å². The van der Waals surface area contributed by atoms with E-state index in [0.717, 1.165) is 22.0 Å². The molecule has 1 nitrogen and oxygen atoms in total. The van der Waals surface area contributed by atoms with Gasteiger partial charge in [0.2, 0.25) is 0 Å². The van der Waals surface area contributed by atoms with E-state index in [1.807, 2.05) is 38.1 Å². The first-order valence-corrected chi connectivity index (χ1v) is 7.24. The number of rotatable bonds is 1. The highest BCUT2D eigenvalue weighted by atomic mass is 35.5. The van der Waals surface area contributed by atoms with E-state index in [2.05, 4.69) is 42.2 Å². The molecule has 0 N–H and O–H groups in total. The smallest absolute Gasteiger partial charge is 0.130 e. The van der Waals surface area contributed by atoms with Crippen molar-refractivity contribution in [2.45, 2.75) is 20.8 Å². The lowest BCUT2D eigenvalue weighted by atomic mass is 10.0. The average molecular weight is 284 g/mol. The number of aromatic nitrogens is 1. The van der Waals surface area contributed by atoms with Gasteiger partial charge in [0.1, 0.15) is 5.15 Å². The van der Waals surface area contributed by atoms with E-state index in [1.165, 1.54) is 5.56 Å². The Morgan fingerprint density at radius 3 is 2.30 bits per heavy atom. The Hall–Kier alpha value is -1.86. The third-order valence-corrected chi connectivity index (χ3v) is 3.21. The minimum atomic E-state index is 0.534. The number of hydrogen-bond donors (Lipinski definition) is 0. The van der Waals surface area contributed by atoms with Crippen LogP contribution in [0.3, 0.4) is 0 Å². The van der Waals surface area contributed by atoms with Crippen LogP contribution in [0.5, 0.6) is 0 Å². The molecule has 0 aliphatic rings. The molecule has 3 rings (SSSR count). The Bertz CT molecular complexity index is 700. The molecule has 3 aromatic rings. The van der Waals surface area contributed by atoms with Crippen LogP contribution in [0.15, 0.2) is 54.6 Å². The van der Waals surface area contributed by atoms with E-state index in [0.29, 0.717) is 5.15 Å². The first kappa shape index (κ1) is 14.5. The van der Waals surface area contributed by atoms with Gasteiger partial charge in [-0.25, -0.2) is 4.98 Å². The molecule has 20 heavy (non-hydrogen) atoms. The molecule has 0 saturated carbocycles. The summed E-state index contributed by atoms with van der Waals surface area (Å²) in [5, 5.41) is 1.67. The Morgan fingerprint density at radius 1 is 0.900 bits per heavy atom. The largest absolute Gasteiger partial charge is 0.236 e. The molecule has 0 atom stereocenters. The summed E-state index contributed by atoms with van der Waals surface area (Å²) >= 11 is 6.11. The van der Waals surface area contributed by atoms with Crippen molar-refractivity contribution in [3.8, 4) is 11.1 Å². The van der Waals surface area contributed by atoms with Gasteiger partial charge in [0, 0.05) is 5.39 Å². The lowest BCUT2D eigenvalue weighted by Crippen LogP contribution is -1.86. The molecular formula is C18H18ClN. The lowest BCUT2D eigenvalue weighted by Gasteiger charge is -2.08. The second-order valence-corrected chi connectivity index (χ2v) is 4.77. The van der Waals surface area contributed by atoms with Crippen LogP contribution < -0.4 is 0 Å². The fourth-order valence-electron chi connectivity index (χ4n) is 2.16. The van der Waals surface area contributed by atoms with Crippen LogP contribution in [0.1, 0.15) is 19.4 Å². The zero-order valence-corrected chi connectivity index (χ0v) is 12.8. The van der Waals surface area contributed by atoms with Gasteiger partial charge in [0.05, 0.1) is 5.52 Å². The van der Waals surface area contributed by atoms with Crippen molar-refractivity contribution in [1.29, 1.82) is 0 Å². The van der Waals surface area contributed by atoms with Crippen LogP contribution in [0.4, 0.5) is 0 Å². The Kier molecular flexibility index (Phi) is 4.75. The van der Waals surface area contributed by atoms with Gasteiger partial charge in [-0.15, -0.1) is 0 Å². The maximum atomic E-state index is 6.11. The van der Waals surface area contributed by atoms with Crippen molar-refractivity contribution >= 4 is 22.5 Å². The summed E-state index contributed by atoms with van der Waals surface area (Å²) in [6, 6.07) is 18.4. The topological polar surface area (TPSA) is 12.9 Å². The molecule has 0 aliphatic carbocycles. The number of nitrogens with zero attached hydrogens (tertiary/aromatic N) is 1. The Morgan fingerprint density at radius 2 is 1.60 bits per heavy atom. The minimum Gasteiger partial charge on any atom is -0.236 e. The quantitative estimate of drug-likeness (QED) is 0.507. The summed E-state index contributed by atoms with van der Waals surface area (Å²) in [6.07, 6.45) is 0. The fourth-order valence-corrected chi connectivity index (χ4v) is 2.36. The molecule has 0 fully saturated rings. The third-order valence-electron chi connectivity index (χ3n) is 3.02. The zero-order valence-electron chi connectivity index (χ0n) is 12.0. The van der Waals surface area contributed by atoms with Crippen molar-refractivity contribution in [2.24, 2.45) is 0 Å². The van der Waals surface area contributed by atoms with Crippen LogP contribution in [-0.2, 0) is 0 Å². The number of benzene rings is 2. The van der Waals surface area contributed by atoms with E-state index in [9.17, 15) is 0 Å². The highest BCUT2D eigenvalue weighted by molar-refractivity contribution is 6.30. The Balaban J connectivity index is 0.000000704. The van der Waals surface area contributed by atoms with Gasteiger partial charge in [-0.2, -0.15) is 0 Å². The van der Waals surface area contributed by atoms with Crippen LogP contribution in [0, 0.1) is 6.92 Å². The molecule has 2 heteroatoms. The molecule has 0 unspecified atom stereocenters. The number of fused-ring (bicyclic) bond motifs is 1. The second kappa shape index (κ2) is 6.53. The molecule has 0 spiro atoms. The zero-order chi connectivity index (χ0) is 14.5. The van der Waals surface area contributed by atoms with Crippen LogP contribution in [0.2, 0.25) is 5.15 Å². The predicted molar refractivity (Wildman–Crippen MR) is 88.3 cm³/mol. The molecule has 0 bridgehead atoms. The SMILES string of the molecule is CC.Cc1ccc2c(-c3ccccc3)cc(Cl)nc2c1. The average Bonchev–Trinajstić information content (AvgIpc) is 2.49. The Labute approximate surface area is 125 Å². The summed E-state index contributed by atoms with van der Waals surface area (Å²) in [4.78, 5) is 4.39. The highest BCUT2D eigenvalue weighted by Gasteiger charge is 2.06. The van der Waals surface area contributed by atoms with Gasteiger partial charge in [-0.05, 0) is 35.7 Å². The van der Waals surface area contributed by atoms with Crippen molar-refractivity contribution in [1.82, 2.24) is 4.98 Å². The number of halogens is 1. The van der Waals surface area contributed by atoms with Crippen LogP contribution in [-0.4, -0.2) is 4.98 Å². The normalized spacial score (nSPS) is 10.0. The van der Waals surface area contributed by atoms with Gasteiger partial charge >= 0.3 is 0 Å². The summed E-state index contributed by atoms with van der Waals surface area (Å²) in [5.74, 6) is 0. The molecule has 0 amide bonds. The van der Waals surface area contributed by atoms with Crippen LogP contribution in [0.25, 0.3) is 22.0 Å². The summed E-state index contributed by atoms with van der Waals surface area (Å²) in [6.45, 7) is 6.06. The van der Waals surface area contributed by atoms with Crippen molar-refractivity contribution in [2.75, 3.05) is 0 Å². The number of hydrogen-bond acceptors (Lipinski definition) is 1. The van der Waals surface area contributed by atoms with E-state index < -0.39 is 0 Å². The maximum absolute atomic E-state index is 6.11. The maximum Gasteiger partial charge on any atom is 0.130 e. The third kappa shape index (κ3) is 3.00. The van der Waals surface area contributed by atoms with Gasteiger partial charge < -0.3 is 0 Å². The molecule has 102 valence electrons.